The highest BCUT2D eigenvalue weighted by atomic mass is 32.2. The van der Waals surface area contributed by atoms with Gasteiger partial charge >= 0.3 is 12.2 Å². The molecule has 7 heteroatoms. The van der Waals surface area contributed by atoms with Crippen LogP contribution in [-0.2, 0) is 0 Å². The molecule has 0 heterocycles. The fourth-order valence-electron chi connectivity index (χ4n) is 3.13. The summed E-state index contributed by atoms with van der Waals surface area (Å²) >= 11 is 1.57. The highest BCUT2D eigenvalue weighted by molar-refractivity contribution is 7.99. The fourth-order valence-corrected chi connectivity index (χ4v) is 4.06. The quantitative estimate of drug-likeness (QED) is 0.685. The molecule has 0 aromatic heterocycles. The Kier molecular flexibility index (Phi) is 8.24. The molecule has 136 valence electrons. The SMILES string of the molecule is CN(CCSCCN(C(=O)O)C(C(C)(C)C)C(C)(C)C)C(=O)O. The Hall–Kier alpha value is -1.11. The van der Waals surface area contributed by atoms with Gasteiger partial charge in [0.25, 0.3) is 0 Å². The number of thioether (sulfide) groups is 1. The first-order chi connectivity index (χ1) is 10.3. The lowest BCUT2D eigenvalue weighted by Crippen LogP contribution is -2.54. The molecule has 0 unspecified atom stereocenters. The van der Waals surface area contributed by atoms with Gasteiger partial charge in [-0.05, 0) is 10.8 Å². The second-order valence-corrected chi connectivity index (χ2v) is 9.15. The van der Waals surface area contributed by atoms with Crippen LogP contribution < -0.4 is 0 Å². The molecule has 0 aliphatic rings. The van der Waals surface area contributed by atoms with Crippen LogP contribution in [0.25, 0.3) is 0 Å². The highest BCUT2D eigenvalue weighted by Crippen LogP contribution is 2.37. The van der Waals surface area contributed by atoms with Crippen LogP contribution in [0, 0.1) is 10.8 Å². The molecular weight excluding hydrogens is 316 g/mol. The Morgan fingerprint density at radius 2 is 1.35 bits per heavy atom. The fraction of sp³-hybridized carbons (Fsp3) is 0.875. The second kappa shape index (κ2) is 8.66. The van der Waals surface area contributed by atoms with Crippen molar-refractivity contribution in [1.82, 2.24) is 9.80 Å². The molecule has 0 aromatic carbocycles. The number of carboxylic acid groups (broad SMARTS) is 2. The summed E-state index contributed by atoms with van der Waals surface area (Å²) in [4.78, 5) is 25.2. The summed E-state index contributed by atoms with van der Waals surface area (Å²) in [7, 11) is 1.53. The molecule has 2 N–H and O–H groups in total. The Bertz CT molecular complexity index is 388. The van der Waals surface area contributed by atoms with Crippen molar-refractivity contribution in [3.8, 4) is 0 Å². The summed E-state index contributed by atoms with van der Waals surface area (Å²) in [6.45, 7) is 13.3. The van der Waals surface area contributed by atoms with Crippen molar-refractivity contribution >= 4 is 23.9 Å². The van der Waals surface area contributed by atoms with Gasteiger partial charge in [0.1, 0.15) is 0 Å². The van der Waals surface area contributed by atoms with E-state index in [0.717, 1.165) is 0 Å². The maximum absolute atomic E-state index is 11.7. The van der Waals surface area contributed by atoms with E-state index in [1.54, 1.807) is 11.8 Å². The summed E-state index contributed by atoms with van der Waals surface area (Å²) in [6, 6.07) is -0.102. The molecule has 0 spiro atoms. The van der Waals surface area contributed by atoms with E-state index in [0.29, 0.717) is 24.6 Å². The van der Waals surface area contributed by atoms with E-state index in [-0.39, 0.29) is 16.9 Å². The van der Waals surface area contributed by atoms with E-state index in [4.69, 9.17) is 5.11 Å². The van der Waals surface area contributed by atoms with Gasteiger partial charge in [-0.15, -0.1) is 0 Å². The van der Waals surface area contributed by atoms with Crippen LogP contribution in [0.5, 0.6) is 0 Å². The van der Waals surface area contributed by atoms with Gasteiger partial charge in [0.05, 0.1) is 0 Å². The first kappa shape index (κ1) is 21.9. The van der Waals surface area contributed by atoms with Gasteiger partial charge in [0.15, 0.2) is 0 Å². The third-order valence-corrected chi connectivity index (χ3v) is 4.51. The van der Waals surface area contributed by atoms with Crippen molar-refractivity contribution in [1.29, 1.82) is 0 Å². The Labute approximate surface area is 144 Å². The van der Waals surface area contributed by atoms with Gasteiger partial charge in [0.2, 0.25) is 0 Å². The maximum atomic E-state index is 11.7. The topological polar surface area (TPSA) is 81.1 Å². The van der Waals surface area contributed by atoms with Crippen LogP contribution in [-0.4, -0.2) is 69.9 Å². The molecule has 0 atom stereocenters. The first-order valence-corrected chi connectivity index (χ1v) is 8.95. The van der Waals surface area contributed by atoms with Gasteiger partial charge < -0.3 is 20.0 Å². The average molecular weight is 349 g/mol. The third kappa shape index (κ3) is 7.81. The standard InChI is InChI=1S/C16H32N2O4S/c1-15(2,3)12(16(4,5)6)18(14(21)22)9-11-23-10-8-17(7)13(19)20/h12H,8-11H2,1-7H3,(H,19,20)(H,21,22). The number of nitrogens with zero attached hydrogens (tertiary/aromatic N) is 2. The molecule has 6 nitrogen and oxygen atoms in total. The van der Waals surface area contributed by atoms with E-state index in [9.17, 15) is 14.7 Å². The summed E-state index contributed by atoms with van der Waals surface area (Å²) in [6.07, 6.45) is -1.85. The molecule has 2 amide bonds. The Morgan fingerprint density at radius 3 is 1.70 bits per heavy atom. The minimum absolute atomic E-state index is 0.102. The van der Waals surface area contributed by atoms with Crippen LogP contribution in [0.3, 0.4) is 0 Å². The van der Waals surface area contributed by atoms with Gasteiger partial charge in [0, 0.05) is 37.7 Å². The smallest absolute Gasteiger partial charge is 0.407 e. The molecule has 0 aliphatic carbocycles. The molecule has 0 bridgehead atoms. The van der Waals surface area contributed by atoms with Crippen LogP contribution in [0.4, 0.5) is 9.59 Å². The Balaban J connectivity index is 4.69. The molecule has 0 saturated heterocycles. The van der Waals surface area contributed by atoms with E-state index in [1.165, 1.54) is 16.8 Å². The zero-order valence-corrected chi connectivity index (χ0v) is 16.2. The normalized spacial score (nSPS) is 12.3. The maximum Gasteiger partial charge on any atom is 0.407 e. The van der Waals surface area contributed by atoms with Crippen LogP contribution >= 0.6 is 11.8 Å². The van der Waals surface area contributed by atoms with Crippen LogP contribution in [0.1, 0.15) is 41.5 Å². The van der Waals surface area contributed by atoms with Crippen molar-refractivity contribution in [3.05, 3.63) is 0 Å². The van der Waals surface area contributed by atoms with Gasteiger partial charge in [-0.2, -0.15) is 11.8 Å². The third-order valence-electron chi connectivity index (χ3n) is 3.57. The predicted molar refractivity (Wildman–Crippen MR) is 95.4 cm³/mol. The minimum atomic E-state index is -0.946. The molecule has 0 fully saturated rings. The molecule has 0 radical (unpaired) electrons. The molecule has 0 rings (SSSR count). The number of hydrogen-bond donors (Lipinski definition) is 2. The van der Waals surface area contributed by atoms with Gasteiger partial charge in [-0.3, -0.25) is 0 Å². The molecule has 0 saturated carbocycles. The highest BCUT2D eigenvalue weighted by Gasteiger charge is 2.41. The molecule has 0 aromatic rings. The summed E-state index contributed by atoms with van der Waals surface area (Å²) in [5.74, 6) is 1.31. The van der Waals surface area contributed by atoms with Crippen molar-refractivity contribution in [2.45, 2.75) is 47.6 Å². The first-order valence-electron chi connectivity index (χ1n) is 7.80. The minimum Gasteiger partial charge on any atom is -0.465 e. The molecule has 23 heavy (non-hydrogen) atoms. The lowest BCUT2D eigenvalue weighted by atomic mass is 9.71. The van der Waals surface area contributed by atoms with Gasteiger partial charge in [-0.25, -0.2) is 9.59 Å². The number of amides is 2. The van der Waals surface area contributed by atoms with E-state index in [2.05, 4.69) is 41.5 Å². The van der Waals surface area contributed by atoms with Crippen molar-refractivity contribution < 1.29 is 19.8 Å². The lowest BCUT2D eigenvalue weighted by Gasteiger charge is -2.46. The molecular formula is C16H32N2O4S. The lowest BCUT2D eigenvalue weighted by molar-refractivity contribution is 0.0256. The van der Waals surface area contributed by atoms with E-state index in [1.807, 2.05) is 0 Å². The number of hydrogen-bond acceptors (Lipinski definition) is 3. The summed E-state index contributed by atoms with van der Waals surface area (Å²) in [5, 5.41) is 18.4. The predicted octanol–water partition coefficient (Wildman–Crippen LogP) is 3.77. The number of rotatable bonds is 7. The van der Waals surface area contributed by atoms with Crippen molar-refractivity contribution in [2.75, 3.05) is 31.6 Å². The largest absolute Gasteiger partial charge is 0.465 e. The molecule has 0 aliphatic heterocycles. The summed E-state index contributed by atoms with van der Waals surface area (Å²) in [5.41, 5.74) is -0.324. The number of carbonyl (C=O) groups is 2. The van der Waals surface area contributed by atoms with Crippen LogP contribution in [0.2, 0.25) is 0 Å². The zero-order chi connectivity index (χ0) is 18.4. The average Bonchev–Trinajstić information content (AvgIpc) is 2.32. The van der Waals surface area contributed by atoms with Crippen molar-refractivity contribution in [2.24, 2.45) is 10.8 Å². The summed E-state index contributed by atoms with van der Waals surface area (Å²) < 4.78 is 0. The monoisotopic (exact) mass is 348 g/mol. The van der Waals surface area contributed by atoms with Gasteiger partial charge in [-0.1, -0.05) is 41.5 Å². The van der Waals surface area contributed by atoms with Crippen LogP contribution in [0.15, 0.2) is 0 Å². The Morgan fingerprint density at radius 1 is 0.913 bits per heavy atom. The van der Waals surface area contributed by atoms with E-state index >= 15 is 0 Å². The zero-order valence-electron chi connectivity index (χ0n) is 15.4. The second-order valence-electron chi connectivity index (χ2n) is 7.93. The van der Waals surface area contributed by atoms with Crippen molar-refractivity contribution in [3.63, 3.8) is 0 Å². The van der Waals surface area contributed by atoms with E-state index < -0.39 is 12.2 Å².